The smallest absolute Gasteiger partial charge is 0.410 e. The monoisotopic (exact) mass is 1180 g/mol. The van der Waals surface area contributed by atoms with Gasteiger partial charge in [-0.1, -0.05) is 56.4 Å². The fraction of sp³-hybridized carbons (Fsp3) is 0.413. The second-order valence-electron chi connectivity index (χ2n) is 18.8. The van der Waals surface area contributed by atoms with E-state index >= 15 is 8.78 Å². The second kappa shape index (κ2) is 23.5. The number of alkyl halides is 1. The summed E-state index contributed by atoms with van der Waals surface area (Å²) in [5.41, 5.74) is 6.36. The van der Waals surface area contributed by atoms with Crippen LogP contribution in [0.3, 0.4) is 0 Å². The van der Waals surface area contributed by atoms with Crippen LogP contribution in [0.15, 0.2) is 78.5 Å². The van der Waals surface area contributed by atoms with E-state index < -0.39 is 129 Å². The molecule has 0 saturated carbocycles. The van der Waals surface area contributed by atoms with Crippen molar-refractivity contribution in [3.05, 3.63) is 107 Å². The molecule has 3 aliphatic heterocycles. The zero-order valence-electron chi connectivity index (χ0n) is 42.0. The van der Waals surface area contributed by atoms with E-state index in [4.69, 9.17) is 49.8 Å². The maximum Gasteiger partial charge on any atom is 0.410 e. The minimum absolute atomic E-state index is 0.0221. The molecular weight excluding hydrogens is 1120 g/mol. The lowest BCUT2D eigenvalue weighted by atomic mass is 10.0. The number of thiol groups is 1. The van der Waals surface area contributed by atoms with Gasteiger partial charge >= 0.3 is 19.6 Å². The number of hydrogen-bond acceptors (Lipinski definition) is 20. The lowest BCUT2D eigenvalue weighted by molar-refractivity contribution is -0.127. The predicted molar refractivity (Wildman–Crippen MR) is 281 cm³/mol. The largest absolute Gasteiger partial charge is 0.445 e. The highest BCUT2D eigenvalue weighted by Gasteiger charge is 2.54. The lowest BCUT2D eigenvalue weighted by Gasteiger charge is -2.27. The van der Waals surface area contributed by atoms with Crippen molar-refractivity contribution >= 4 is 95.1 Å². The Morgan fingerprint density at radius 2 is 1.68 bits per heavy atom. The van der Waals surface area contributed by atoms with E-state index in [-0.39, 0.29) is 47.3 Å². The first-order valence-electron chi connectivity index (χ1n) is 24.1. The summed E-state index contributed by atoms with van der Waals surface area (Å²) in [6.45, 7) is -5.67. The number of imidazole rings is 1. The van der Waals surface area contributed by atoms with Gasteiger partial charge in [0, 0.05) is 31.0 Å². The van der Waals surface area contributed by atoms with Gasteiger partial charge in [0.1, 0.15) is 54.9 Å². The molecular formula is C46H52F2N12O15P2S2. The molecule has 4 aromatic heterocycles. The first-order chi connectivity index (χ1) is 37.5. The Morgan fingerprint density at radius 1 is 0.962 bits per heavy atom. The molecule has 27 nitrogen and oxygen atoms in total. The van der Waals surface area contributed by atoms with Gasteiger partial charge in [0.15, 0.2) is 47.1 Å². The quantitative estimate of drug-likeness (QED) is 0.0603. The van der Waals surface area contributed by atoms with Gasteiger partial charge < -0.3 is 64.9 Å². The minimum Gasteiger partial charge on any atom is -0.445 e. The number of carbonyl (C=O) groups is 4. The van der Waals surface area contributed by atoms with Crippen LogP contribution in [0.5, 0.6) is 0 Å². The molecule has 3 saturated heterocycles. The summed E-state index contributed by atoms with van der Waals surface area (Å²) in [6.07, 6.45) is -10.2. The first kappa shape index (κ1) is 57.5. The molecule has 2 bridgehead atoms. The topological polar surface area (TPSA) is 350 Å². The number of nitrogens with two attached hydrogens (primary N) is 1. The molecule has 0 spiro atoms. The van der Waals surface area contributed by atoms with E-state index in [1.807, 2.05) is 0 Å². The summed E-state index contributed by atoms with van der Waals surface area (Å²) in [4.78, 5) is 96.2. The molecule has 6 aromatic rings. The number of rotatable bonds is 13. The summed E-state index contributed by atoms with van der Waals surface area (Å²) in [5, 5.41) is 18.9. The Bertz CT molecular complexity index is 3450. The van der Waals surface area contributed by atoms with Crippen molar-refractivity contribution in [2.45, 2.75) is 95.2 Å². The third-order valence-electron chi connectivity index (χ3n) is 12.9. The van der Waals surface area contributed by atoms with Gasteiger partial charge in [-0.05, 0) is 54.0 Å². The molecule has 2 aromatic carbocycles. The molecule has 4 amide bonds. The summed E-state index contributed by atoms with van der Waals surface area (Å²) >= 11 is 9.35. The highest BCUT2D eigenvalue weighted by atomic mass is 32.7. The van der Waals surface area contributed by atoms with Crippen LogP contribution in [0, 0.1) is 11.7 Å². The predicted octanol–water partition coefficient (Wildman–Crippen LogP) is 3.72. The normalized spacial score (nSPS) is 27.0. The van der Waals surface area contributed by atoms with Crippen LogP contribution in [-0.2, 0) is 71.4 Å². The van der Waals surface area contributed by atoms with Crippen molar-refractivity contribution in [2.75, 3.05) is 30.9 Å². The highest BCUT2D eigenvalue weighted by molar-refractivity contribution is 8.44. The van der Waals surface area contributed by atoms with E-state index in [1.165, 1.54) is 24.9 Å². The van der Waals surface area contributed by atoms with E-state index in [9.17, 15) is 38.5 Å². The number of H-pyrrole nitrogens is 1. The fourth-order valence-electron chi connectivity index (χ4n) is 8.69. The number of fused-ring (bicyclic) bond motifs is 5. The number of aliphatic hydroxyl groups excluding tert-OH is 1. The third-order valence-corrected chi connectivity index (χ3v) is 16.1. The Labute approximate surface area is 456 Å². The van der Waals surface area contributed by atoms with Crippen LogP contribution in [0.25, 0.3) is 22.2 Å². The van der Waals surface area contributed by atoms with Crippen LogP contribution < -0.4 is 27.2 Å². The average Bonchev–Trinajstić information content (AvgIpc) is 4.07. The maximum atomic E-state index is 16.8. The Balaban J connectivity index is 0.841. The van der Waals surface area contributed by atoms with Crippen LogP contribution in [0.2, 0.25) is 0 Å². The van der Waals surface area contributed by atoms with Crippen molar-refractivity contribution in [1.82, 2.24) is 44.3 Å². The van der Waals surface area contributed by atoms with Gasteiger partial charge in [0.05, 0.1) is 31.9 Å². The average molecular weight is 1180 g/mol. The maximum absolute atomic E-state index is 16.8. The van der Waals surface area contributed by atoms with Crippen molar-refractivity contribution in [1.29, 1.82) is 0 Å². The Hall–Kier alpha value is -6.18. The van der Waals surface area contributed by atoms with Gasteiger partial charge in [-0.15, -0.1) is 0 Å². The molecule has 9 rings (SSSR count). The van der Waals surface area contributed by atoms with Crippen LogP contribution in [0.4, 0.5) is 25.1 Å². The highest BCUT2D eigenvalue weighted by Crippen LogP contribution is 2.58. The SMILES string of the molecule is CC(C)[C@H](N)C(=O)N[C@@H](C)C(=O)Nc1ccc(COC(=O)N(C)Cc2ccccc2C(=O)Nc2ncnc3c2ncn3[C@@H]2O[C@@H]3COP(O)(=S)O[C@H]4C(n5cc(F)c6c(=O)[nH]cnc65)O[C@H](COP(=O)(S)O[C@H]3[C@H]2F)[C@H]4O)cc1. The van der Waals surface area contributed by atoms with E-state index in [0.717, 1.165) is 34.3 Å². The van der Waals surface area contributed by atoms with Crippen LogP contribution >= 0.6 is 25.8 Å². The third kappa shape index (κ3) is 12.6. The number of aromatic nitrogens is 7. The minimum atomic E-state index is -4.60. The zero-order valence-corrected chi connectivity index (χ0v) is 45.5. The number of nitrogens with zero attached hydrogens (tertiary/aromatic N) is 7. The van der Waals surface area contributed by atoms with Gasteiger partial charge in [0.25, 0.3) is 11.5 Å². The number of amides is 4. The number of ether oxygens (including phenoxy) is 3. The molecule has 33 heteroatoms. The number of aromatic amines is 1. The van der Waals surface area contributed by atoms with Gasteiger partial charge in [0.2, 0.25) is 11.8 Å². The Morgan fingerprint density at radius 3 is 2.43 bits per heavy atom. The van der Waals surface area contributed by atoms with E-state index in [0.29, 0.717) is 16.8 Å². The standard InChI is InChI=1S/C46H52F2N12O15P2S2/c1-21(2)32(49)43(65)55-22(3)40(62)56-25-11-9-23(10-12-25)15-69-46(66)58(4)13-24-7-5-6-8-26(24)41(63)57-37-33-39(52-18-50-37)60(20-54-33)44-31(48)35-29(73-44)17-71-77(68,79)75-36-34(61)28(16-70-76(67,78)74-35)72-45(36)59-14-27(47)30-38(59)51-19-53-42(30)64/h5-12,14,18-22,28-29,31-32,34-36,44-45,61H,13,15-17,49H2,1-4H3,(H,55,65)(H,56,62)(H,67,78)(H,68,79)(H,51,53,64)(H,50,52,57,63)/t22-,28+,29+,31+,32-,34+,35+,36+,44+,45?,76?,77?/m0/s1. The summed E-state index contributed by atoms with van der Waals surface area (Å²) in [5.74, 6) is -2.78. The van der Waals surface area contributed by atoms with Crippen molar-refractivity contribution in [3.63, 3.8) is 0 Å². The van der Waals surface area contributed by atoms with Crippen molar-refractivity contribution in [3.8, 4) is 0 Å². The van der Waals surface area contributed by atoms with E-state index in [1.54, 1.807) is 56.3 Å². The molecule has 422 valence electrons. The molecule has 12 atom stereocenters. The number of benzene rings is 2. The summed E-state index contributed by atoms with van der Waals surface area (Å²) in [6, 6.07) is 11.3. The van der Waals surface area contributed by atoms with Gasteiger partial charge in [-0.3, -0.25) is 37.3 Å². The summed E-state index contributed by atoms with van der Waals surface area (Å²) < 4.78 is 87.7. The molecule has 3 unspecified atom stereocenters. The zero-order chi connectivity index (χ0) is 56.7. The molecule has 0 aliphatic carbocycles. The molecule has 7 heterocycles. The van der Waals surface area contributed by atoms with E-state index in [2.05, 4.69) is 53.1 Å². The summed E-state index contributed by atoms with van der Waals surface area (Å²) in [7, 11) is 1.48. The molecule has 3 aliphatic rings. The second-order valence-corrected chi connectivity index (χ2v) is 24.5. The number of carbonyl (C=O) groups excluding carboxylic acids is 4. The van der Waals surface area contributed by atoms with Crippen molar-refractivity contribution in [2.24, 2.45) is 11.7 Å². The number of nitrogens with one attached hydrogen (secondary N) is 4. The first-order valence-corrected chi connectivity index (χ1v) is 29.4. The fourth-order valence-corrected chi connectivity index (χ4v) is 11.6. The number of anilines is 2. The molecule has 3 fully saturated rings. The number of halogens is 2. The molecule has 79 heavy (non-hydrogen) atoms. The number of aliphatic hydroxyl groups is 1. The van der Waals surface area contributed by atoms with Crippen molar-refractivity contribution < 1.29 is 74.8 Å². The lowest BCUT2D eigenvalue weighted by Crippen LogP contribution is -2.50. The number of hydrogen-bond donors (Lipinski definition) is 8. The Kier molecular flexibility index (Phi) is 17.1. The van der Waals surface area contributed by atoms with Gasteiger partial charge in [-0.2, -0.15) is 0 Å². The van der Waals surface area contributed by atoms with Crippen LogP contribution in [-0.4, -0.2) is 142 Å². The molecule has 8 N–H and O–H groups in total. The van der Waals surface area contributed by atoms with Crippen LogP contribution in [0.1, 0.15) is 54.7 Å². The van der Waals surface area contributed by atoms with Gasteiger partial charge in [-0.25, -0.2) is 38.1 Å². The molecule has 0 radical (unpaired) electrons.